The topological polar surface area (TPSA) is 54.6 Å². The Hall–Kier alpha value is -3.14. The number of carboxylic acid groups (broad SMARTS) is 1. The summed E-state index contributed by atoms with van der Waals surface area (Å²) in [4.78, 5) is 15.6. The van der Waals surface area contributed by atoms with Gasteiger partial charge in [0.2, 0.25) is 0 Å². The zero-order valence-corrected chi connectivity index (χ0v) is 14.5. The highest BCUT2D eigenvalue weighted by atomic mass is 16.4. The average molecular weight is 332 g/mol. The zero-order valence-electron chi connectivity index (χ0n) is 14.5. The molecule has 0 amide bonds. The summed E-state index contributed by atoms with van der Waals surface area (Å²) < 4.78 is 2.20. The zero-order chi connectivity index (χ0) is 18.0. The molecule has 0 aliphatic rings. The van der Waals surface area contributed by atoms with Crippen LogP contribution in [0, 0.1) is 20.8 Å². The van der Waals surface area contributed by atoms with Gasteiger partial charge in [0.25, 0.3) is 0 Å². The molecule has 0 fully saturated rings. The molecule has 2 aromatic carbocycles. The number of aryl methyl sites for hydroxylation is 2. The van der Waals surface area contributed by atoms with Crippen LogP contribution in [0.3, 0.4) is 0 Å². The molecule has 0 aliphatic heterocycles. The van der Waals surface area contributed by atoms with Gasteiger partial charge in [-0.25, -0.2) is 4.79 Å². The Morgan fingerprint density at radius 1 is 1.04 bits per heavy atom. The Morgan fingerprint density at radius 3 is 2.40 bits per heavy atom. The van der Waals surface area contributed by atoms with Crippen LogP contribution in [0.25, 0.3) is 5.69 Å². The maximum Gasteiger partial charge on any atom is 0.335 e. The summed E-state index contributed by atoms with van der Waals surface area (Å²) in [5, 5.41) is 9.04. The van der Waals surface area contributed by atoms with Gasteiger partial charge in [0, 0.05) is 28.9 Å². The summed E-state index contributed by atoms with van der Waals surface area (Å²) in [5.74, 6) is -0.926. The van der Waals surface area contributed by atoms with Crippen LogP contribution in [0.5, 0.6) is 0 Å². The lowest BCUT2D eigenvalue weighted by atomic mass is 10.1. The van der Waals surface area contributed by atoms with Crippen molar-refractivity contribution in [2.75, 3.05) is 0 Å². The van der Waals surface area contributed by atoms with E-state index in [1.807, 2.05) is 31.3 Å². The molecule has 1 N–H and O–H groups in total. The number of hydrogen-bond acceptors (Lipinski definition) is 2. The van der Waals surface area contributed by atoms with E-state index in [2.05, 4.69) is 41.6 Å². The predicted molar refractivity (Wildman–Crippen MR) is 101 cm³/mol. The number of carboxylic acids is 1. The molecular formula is C21H20N2O2. The molecular weight excluding hydrogens is 312 g/mol. The fourth-order valence-electron chi connectivity index (χ4n) is 2.97. The number of carbonyl (C=O) groups is 1. The lowest BCUT2D eigenvalue weighted by molar-refractivity contribution is 0.0697. The monoisotopic (exact) mass is 332 g/mol. The predicted octanol–water partition coefficient (Wildman–Crippen LogP) is 4.85. The average Bonchev–Trinajstić information content (AvgIpc) is 2.88. The number of aromatic nitrogens is 1. The van der Waals surface area contributed by atoms with E-state index in [1.165, 1.54) is 0 Å². The molecule has 3 aromatic rings. The number of aromatic carboxylic acids is 1. The summed E-state index contributed by atoms with van der Waals surface area (Å²) in [6.07, 6.45) is 1.84. The fraction of sp³-hybridized carbons (Fsp3) is 0.143. The number of rotatable bonds is 4. The fourth-order valence-corrected chi connectivity index (χ4v) is 2.97. The van der Waals surface area contributed by atoms with E-state index >= 15 is 0 Å². The van der Waals surface area contributed by atoms with Crippen molar-refractivity contribution < 1.29 is 9.90 Å². The first-order valence-electron chi connectivity index (χ1n) is 8.10. The first-order chi connectivity index (χ1) is 12.0. The van der Waals surface area contributed by atoms with Crippen molar-refractivity contribution in [1.82, 2.24) is 4.57 Å². The summed E-state index contributed by atoms with van der Waals surface area (Å²) in [6.45, 7) is 6.01. The Labute approximate surface area is 147 Å². The molecule has 3 rings (SSSR count). The van der Waals surface area contributed by atoms with Crippen LogP contribution in [-0.4, -0.2) is 21.9 Å². The summed E-state index contributed by atoms with van der Waals surface area (Å²) in [7, 11) is 0. The second-order valence-electron chi connectivity index (χ2n) is 6.06. The van der Waals surface area contributed by atoms with Crippen molar-refractivity contribution >= 4 is 17.9 Å². The van der Waals surface area contributed by atoms with Crippen LogP contribution in [-0.2, 0) is 0 Å². The number of hydrogen-bond donors (Lipinski definition) is 1. The maximum absolute atomic E-state index is 11.0. The molecule has 1 heterocycles. The molecule has 0 radical (unpaired) electrons. The molecule has 4 heteroatoms. The van der Waals surface area contributed by atoms with Gasteiger partial charge >= 0.3 is 5.97 Å². The van der Waals surface area contributed by atoms with Crippen molar-refractivity contribution in [2.45, 2.75) is 20.8 Å². The van der Waals surface area contributed by atoms with Crippen LogP contribution in [0.1, 0.15) is 32.9 Å². The van der Waals surface area contributed by atoms with Crippen LogP contribution in [0.2, 0.25) is 0 Å². The van der Waals surface area contributed by atoms with Crippen LogP contribution < -0.4 is 0 Å². The minimum atomic E-state index is -0.926. The highest BCUT2D eigenvalue weighted by Gasteiger charge is 2.09. The van der Waals surface area contributed by atoms with Crippen molar-refractivity contribution in [3.8, 4) is 5.69 Å². The molecule has 0 unspecified atom stereocenters. The third kappa shape index (κ3) is 3.38. The lowest BCUT2D eigenvalue weighted by Crippen LogP contribution is -1.99. The lowest BCUT2D eigenvalue weighted by Gasteiger charge is -2.09. The molecule has 25 heavy (non-hydrogen) atoms. The number of aliphatic imine (C=N–C) groups is 1. The minimum Gasteiger partial charge on any atom is -0.478 e. The third-order valence-corrected chi connectivity index (χ3v) is 4.27. The van der Waals surface area contributed by atoms with Crippen molar-refractivity contribution in [1.29, 1.82) is 0 Å². The molecule has 0 saturated heterocycles. The summed E-state index contributed by atoms with van der Waals surface area (Å²) in [6, 6.07) is 17.3. The smallest absolute Gasteiger partial charge is 0.335 e. The van der Waals surface area contributed by atoms with Gasteiger partial charge in [-0.3, -0.25) is 4.99 Å². The van der Waals surface area contributed by atoms with Crippen LogP contribution in [0.4, 0.5) is 5.69 Å². The van der Waals surface area contributed by atoms with Crippen LogP contribution in [0.15, 0.2) is 59.6 Å². The highest BCUT2D eigenvalue weighted by molar-refractivity contribution is 5.89. The van der Waals surface area contributed by atoms with E-state index in [0.717, 1.165) is 33.9 Å². The molecule has 0 spiro atoms. The Bertz CT molecular complexity index is 954. The maximum atomic E-state index is 11.0. The number of para-hydroxylation sites is 1. The normalized spacial score (nSPS) is 11.2. The van der Waals surface area contributed by atoms with Gasteiger partial charge in [-0.1, -0.05) is 18.2 Å². The van der Waals surface area contributed by atoms with E-state index in [9.17, 15) is 4.79 Å². The van der Waals surface area contributed by atoms with E-state index < -0.39 is 5.97 Å². The van der Waals surface area contributed by atoms with Crippen molar-refractivity contribution in [2.24, 2.45) is 4.99 Å². The summed E-state index contributed by atoms with van der Waals surface area (Å²) >= 11 is 0. The Balaban J connectivity index is 1.94. The van der Waals surface area contributed by atoms with Crippen molar-refractivity contribution in [3.05, 3.63) is 82.7 Å². The Morgan fingerprint density at radius 2 is 1.76 bits per heavy atom. The van der Waals surface area contributed by atoms with Crippen LogP contribution >= 0.6 is 0 Å². The van der Waals surface area contributed by atoms with Gasteiger partial charge in [0.1, 0.15) is 0 Å². The molecule has 1 aromatic heterocycles. The van der Waals surface area contributed by atoms with Gasteiger partial charge in [0.05, 0.1) is 11.3 Å². The second kappa shape index (κ2) is 6.77. The first kappa shape index (κ1) is 16.7. The number of nitrogens with zero attached hydrogens (tertiary/aromatic N) is 2. The van der Waals surface area contributed by atoms with Gasteiger partial charge in [0.15, 0.2) is 0 Å². The van der Waals surface area contributed by atoms with E-state index in [-0.39, 0.29) is 5.56 Å². The highest BCUT2D eigenvalue weighted by Crippen LogP contribution is 2.22. The molecule has 126 valence electrons. The summed E-state index contributed by atoms with van der Waals surface area (Å²) in [5.41, 5.74) is 6.32. The minimum absolute atomic E-state index is 0.277. The van der Waals surface area contributed by atoms with Crippen molar-refractivity contribution in [3.63, 3.8) is 0 Å². The second-order valence-corrected chi connectivity index (χ2v) is 6.06. The third-order valence-electron chi connectivity index (χ3n) is 4.27. The Kier molecular flexibility index (Phi) is 4.52. The van der Waals surface area contributed by atoms with E-state index in [1.54, 1.807) is 18.2 Å². The van der Waals surface area contributed by atoms with E-state index in [0.29, 0.717) is 0 Å². The van der Waals surface area contributed by atoms with Gasteiger partial charge in [-0.2, -0.15) is 0 Å². The molecule has 0 saturated carbocycles. The number of benzene rings is 2. The molecule has 4 nitrogen and oxygen atoms in total. The molecule has 0 atom stereocenters. The van der Waals surface area contributed by atoms with E-state index in [4.69, 9.17) is 5.11 Å². The molecule has 0 aliphatic carbocycles. The molecule has 0 bridgehead atoms. The van der Waals surface area contributed by atoms with Gasteiger partial charge in [-0.15, -0.1) is 0 Å². The standard InChI is InChI=1S/C21H20N2O2/c1-14-11-17(21(24)25)9-10-20(14)22-13-18-12-15(2)23(16(18)3)19-7-5-4-6-8-19/h4-13H,1-3H3,(H,24,25). The van der Waals surface area contributed by atoms with Gasteiger partial charge < -0.3 is 9.67 Å². The quantitative estimate of drug-likeness (QED) is 0.694. The largest absolute Gasteiger partial charge is 0.478 e. The van der Waals surface area contributed by atoms with Gasteiger partial charge in [-0.05, 0) is 62.7 Å². The SMILES string of the molecule is Cc1cc(C(=O)O)ccc1N=Cc1cc(C)n(-c2ccccc2)c1C. The first-order valence-corrected chi connectivity index (χ1v) is 8.10.